The third-order valence-corrected chi connectivity index (χ3v) is 2.68. The monoisotopic (exact) mass is 245 g/mol. The van der Waals surface area contributed by atoms with E-state index >= 15 is 0 Å². The lowest BCUT2D eigenvalue weighted by molar-refractivity contribution is 0.580. The second-order valence-corrected chi connectivity index (χ2v) is 3.99. The third kappa shape index (κ3) is 2.56. The van der Waals surface area contributed by atoms with E-state index in [4.69, 9.17) is 4.42 Å². The molecular formula is C17H11NO. The third-order valence-electron chi connectivity index (χ3n) is 2.68. The van der Waals surface area contributed by atoms with Gasteiger partial charge >= 0.3 is 0 Å². The van der Waals surface area contributed by atoms with Crippen LogP contribution in [0.15, 0.2) is 71.5 Å². The second-order valence-electron chi connectivity index (χ2n) is 3.99. The predicted molar refractivity (Wildman–Crippen MR) is 74.4 cm³/mol. The van der Waals surface area contributed by atoms with Gasteiger partial charge in [-0.05, 0) is 36.4 Å². The molecule has 0 bridgehead atoms. The summed E-state index contributed by atoms with van der Waals surface area (Å²) >= 11 is 0. The first kappa shape index (κ1) is 11.3. The van der Waals surface area contributed by atoms with Gasteiger partial charge in [0.2, 0.25) is 0 Å². The number of rotatable bonds is 1. The number of benzene rings is 1. The lowest BCUT2D eigenvalue weighted by Gasteiger charge is -1.98. The first-order chi connectivity index (χ1) is 9.43. The summed E-state index contributed by atoms with van der Waals surface area (Å²) < 4.78 is 5.38. The molecule has 0 atom stereocenters. The maximum atomic E-state index is 5.38. The summed E-state index contributed by atoms with van der Waals surface area (Å²) in [4.78, 5) is 4.34. The van der Waals surface area contributed by atoms with Crippen LogP contribution in [0.25, 0.3) is 11.5 Å². The maximum absolute atomic E-state index is 5.38. The Kier molecular flexibility index (Phi) is 3.12. The molecule has 1 aromatic carbocycles. The van der Waals surface area contributed by atoms with Crippen molar-refractivity contribution in [3.63, 3.8) is 0 Å². The first-order valence-electron chi connectivity index (χ1n) is 5.99. The van der Waals surface area contributed by atoms with Crippen molar-refractivity contribution in [2.75, 3.05) is 0 Å². The van der Waals surface area contributed by atoms with Gasteiger partial charge in [0.05, 0.1) is 11.8 Å². The number of furan rings is 1. The van der Waals surface area contributed by atoms with E-state index in [1.54, 1.807) is 12.5 Å². The summed E-state index contributed by atoms with van der Waals surface area (Å²) in [5, 5.41) is 0. The van der Waals surface area contributed by atoms with Gasteiger partial charge in [0.15, 0.2) is 5.76 Å². The standard InChI is InChI=1S/C17H11NO/c1-2-6-14(7-3-1)10-11-15-8-4-12-18-17(15)16-9-5-13-19-16/h1-9,12-13H. The Hall–Kier alpha value is -2.79. The predicted octanol–water partition coefficient (Wildman–Crippen LogP) is 3.74. The zero-order valence-corrected chi connectivity index (χ0v) is 10.2. The van der Waals surface area contributed by atoms with Crippen LogP contribution in [0.1, 0.15) is 11.1 Å². The smallest absolute Gasteiger partial charge is 0.153 e. The van der Waals surface area contributed by atoms with E-state index in [1.807, 2.05) is 54.6 Å². The molecule has 0 N–H and O–H groups in total. The van der Waals surface area contributed by atoms with E-state index in [0.717, 1.165) is 22.6 Å². The first-order valence-corrected chi connectivity index (χ1v) is 5.99. The average Bonchev–Trinajstić information content (AvgIpc) is 3.01. The highest BCUT2D eigenvalue weighted by molar-refractivity contribution is 5.63. The summed E-state index contributed by atoms with van der Waals surface area (Å²) in [6.45, 7) is 0. The van der Waals surface area contributed by atoms with Crippen LogP contribution in [-0.2, 0) is 0 Å². The van der Waals surface area contributed by atoms with Crippen LogP contribution in [0.5, 0.6) is 0 Å². The Labute approximate surface area is 111 Å². The van der Waals surface area contributed by atoms with Crippen LogP contribution in [0, 0.1) is 11.8 Å². The highest BCUT2D eigenvalue weighted by atomic mass is 16.3. The number of hydrogen-bond donors (Lipinski definition) is 0. The number of pyridine rings is 1. The molecule has 2 heterocycles. The molecule has 0 aliphatic heterocycles. The van der Waals surface area contributed by atoms with Crippen LogP contribution >= 0.6 is 0 Å². The Balaban J connectivity index is 2.01. The summed E-state index contributed by atoms with van der Waals surface area (Å²) in [5.74, 6) is 7.01. The average molecular weight is 245 g/mol. The summed E-state index contributed by atoms with van der Waals surface area (Å²) in [6, 6.07) is 17.4. The molecule has 2 aromatic heterocycles. The fraction of sp³-hybridized carbons (Fsp3) is 0. The van der Waals surface area contributed by atoms with E-state index in [-0.39, 0.29) is 0 Å². The van der Waals surface area contributed by atoms with Crippen molar-refractivity contribution in [2.45, 2.75) is 0 Å². The molecule has 0 aliphatic carbocycles. The molecule has 3 rings (SSSR count). The quantitative estimate of drug-likeness (QED) is 0.610. The van der Waals surface area contributed by atoms with Gasteiger partial charge in [-0.2, -0.15) is 0 Å². The molecule has 0 aliphatic rings. The fourth-order valence-electron chi connectivity index (χ4n) is 1.78. The van der Waals surface area contributed by atoms with Crippen LogP contribution in [0.2, 0.25) is 0 Å². The van der Waals surface area contributed by atoms with Crippen molar-refractivity contribution in [3.8, 4) is 23.3 Å². The molecule has 2 heteroatoms. The molecule has 90 valence electrons. The maximum Gasteiger partial charge on any atom is 0.153 e. The van der Waals surface area contributed by atoms with Crippen molar-refractivity contribution in [3.05, 3.63) is 78.2 Å². The Morgan fingerprint density at radius 1 is 0.842 bits per heavy atom. The summed E-state index contributed by atoms with van der Waals surface area (Å²) in [5.41, 5.74) is 2.62. The molecule has 0 saturated heterocycles. The lowest BCUT2D eigenvalue weighted by Crippen LogP contribution is -1.86. The molecule has 0 fully saturated rings. The van der Waals surface area contributed by atoms with Gasteiger partial charge in [0.1, 0.15) is 5.69 Å². The number of aromatic nitrogens is 1. The van der Waals surface area contributed by atoms with Gasteiger partial charge in [0.25, 0.3) is 0 Å². The van der Waals surface area contributed by atoms with Gasteiger partial charge in [-0.25, -0.2) is 0 Å². The molecule has 3 aromatic rings. The molecular weight excluding hydrogens is 234 g/mol. The van der Waals surface area contributed by atoms with E-state index in [0.29, 0.717) is 0 Å². The number of nitrogens with zero attached hydrogens (tertiary/aromatic N) is 1. The molecule has 0 radical (unpaired) electrons. The molecule has 0 unspecified atom stereocenters. The van der Waals surface area contributed by atoms with Crippen LogP contribution in [0.4, 0.5) is 0 Å². The second kappa shape index (κ2) is 5.24. The fourth-order valence-corrected chi connectivity index (χ4v) is 1.78. The van der Waals surface area contributed by atoms with Gasteiger partial charge in [-0.15, -0.1) is 0 Å². The molecule has 19 heavy (non-hydrogen) atoms. The molecule has 2 nitrogen and oxygen atoms in total. The van der Waals surface area contributed by atoms with Gasteiger partial charge in [-0.3, -0.25) is 4.98 Å². The Bertz CT molecular complexity index is 719. The van der Waals surface area contributed by atoms with E-state index in [2.05, 4.69) is 16.8 Å². The van der Waals surface area contributed by atoms with Gasteiger partial charge < -0.3 is 4.42 Å². The molecule has 0 saturated carbocycles. The largest absolute Gasteiger partial charge is 0.463 e. The van der Waals surface area contributed by atoms with Crippen molar-refractivity contribution in [1.82, 2.24) is 4.98 Å². The van der Waals surface area contributed by atoms with Crippen molar-refractivity contribution < 1.29 is 4.42 Å². The molecule has 0 amide bonds. The summed E-state index contributed by atoms with van der Waals surface area (Å²) in [6.07, 6.45) is 3.38. The molecule has 0 spiro atoms. The SMILES string of the molecule is C(#Cc1cccnc1-c1ccco1)c1ccccc1. The minimum absolute atomic E-state index is 0.734. The van der Waals surface area contributed by atoms with Crippen LogP contribution < -0.4 is 0 Å². The highest BCUT2D eigenvalue weighted by Gasteiger charge is 2.06. The van der Waals surface area contributed by atoms with E-state index in [1.165, 1.54) is 0 Å². The van der Waals surface area contributed by atoms with Crippen molar-refractivity contribution in [2.24, 2.45) is 0 Å². The summed E-state index contributed by atoms with van der Waals surface area (Å²) in [7, 11) is 0. The Morgan fingerprint density at radius 3 is 2.53 bits per heavy atom. The van der Waals surface area contributed by atoms with Crippen LogP contribution in [0.3, 0.4) is 0 Å². The highest BCUT2D eigenvalue weighted by Crippen LogP contribution is 2.20. The van der Waals surface area contributed by atoms with E-state index < -0.39 is 0 Å². The van der Waals surface area contributed by atoms with Gasteiger partial charge in [-0.1, -0.05) is 30.0 Å². The van der Waals surface area contributed by atoms with Crippen LogP contribution in [-0.4, -0.2) is 4.98 Å². The minimum atomic E-state index is 0.734. The van der Waals surface area contributed by atoms with Crippen molar-refractivity contribution >= 4 is 0 Å². The lowest BCUT2D eigenvalue weighted by atomic mass is 10.1. The van der Waals surface area contributed by atoms with E-state index in [9.17, 15) is 0 Å². The Morgan fingerprint density at radius 2 is 1.74 bits per heavy atom. The normalized spacial score (nSPS) is 9.68. The van der Waals surface area contributed by atoms with Gasteiger partial charge in [0, 0.05) is 11.8 Å². The zero-order chi connectivity index (χ0) is 12.9. The topological polar surface area (TPSA) is 26.0 Å². The van der Waals surface area contributed by atoms with Crippen molar-refractivity contribution in [1.29, 1.82) is 0 Å². The minimum Gasteiger partial charge on any atom is -0.463 e. The number of hydrogen-bond acceptors (Lipinski definition) is 2. The zero-order valence-electron chi connectivity index (χ0n) is 10.2.